The van der Waals surface area contributed by atoms with Gasteiger partial charge in [0.15, 0.2) is 5.78 Å². The smallest absolute Gasteiger partial charge is 0.195 e. The zero-order valence-electron chi connectivity index (χ0n) is 10.2. The lowest BCUT2D eigenvalue weighted by molar-refractivity contribution is 0.103. The molecule has 0 aliphatic rings. The highest BCUT2D eigenvalue weighted by Crippen LogP contribution is 2.23. The van der Waals surface area contributed by atoms with Gasteiger partial charge < -0.3 is 10.2 Å². The van der Waals surface area contributed by atoms with Crippen molar-refractivity contribution in [3.05, 3.63) is 71.3 Å². The van der Waals surface area contributed by atoms with Crippen LogP contribution in [-0.4, -0.2) is 16.0 Å². The summed E-state index contributed by atoms with van der Waals surface area (Å²) in [5, 5.41) is 19.3. The van der Waals surface area contributed by atoms with E-state index in [4.69, 9.17) is 0 Å². The molecule has 2 aromatic rings. The van der Waals surface area contributed by atoms with Gasteiger partial charge in [-0.15, -0.1) is 0 Å². The van der Waals surface area contributed by atoms with Crippen LogP contribution in [0.25, 0.3) is 5.76 Å². The Kier molecular flexibility index (Phi) is 3.79. The van der Waals surface area contributed by atoms with Crippen LogP contribution in [0, 0.1) is 11.6 Å². The van der Waals surface area contributed by atoms with Gasteiger partial charge in [-0.2, -0.15) is 0 Å². The van der Waals surface area contributed by atoms with Crippen molar-refractivity contribution in [2.75, 3.05) is 0 Å². The first-order chi connectivity index (χ1) is 9.50. The highest BCUT2D eigenvalue weighted by Gasteiger charge is 2.16. The number of carbonyl (C=O) groups excluding carboxylic acids is 1. The number of rotatable bonds is 3. The van der Waals surface area contributed by atoms with Crippen LogP contribution in [0.5, 0.6) is 5.75 Å². The van der Waals surface area contributed by atoms with Crippen LogP contribution in [0.1, 0.15) is 15.9 Å². The van der Waals surface area contributed by atoms with E-state index in [2.05, 4.69) is 0 Å². The second-order valence-corrected chi connectivity index (χ2v) is 4.01. The second-order valence-electron chi connectivity index (χ2n) is 4.01. The van der Waals surface area contributed by atoms with Crippen molar-refractivity contribution in [2.24, 2.45) is 0 Å². The third kappa shape index (κ3) is 2.66. The Hall–Kier alpha value is -2.69. The molecule has 0 aromatic heterocycles. The Bertz CT molecular complexity index is 673. The molecule has 0 spiro atoms. The molecule has 0 heterocycles. The number of carbonyl (C=O) groups is 1. The number of aromatic hydroxyl groups is 1. The minimum absolute atomic E-state index is 0.00222. The summed E-state index contributed by atoms with van der Waals surface area (Å²) in [5.74, 6) is -3.88. The van der Waals surface area contributed by atoms with Crippen LogP contribution < -0.4 is 0 Å². The summed E-state index contributed by atoms with van der Waals surface area (Å²) in [6.45, 7) is 0. The first-order valence-electron chi connectivity index (χ1n) is 5.68. The van der Waals surface area contributed by atoms with Crippen LogP contribution in [0.3, 0.4) is 0 Å². The minimum atomic E-state index is -1.03. The fraction of sp³-hybridized carbons (Fsp3) is 0. The van der Waals surface area contributed by atoms with Gasteiger partial charge in [-0.25, -0.2) is 8.78 Å². The van der Waals surface area contributed by atoms with Gasteiger partial charge >= 0.3 is 0 Å². The summed E-state index contributed by atoms with van der Waals surface area (Å²) in [6, 6.07) is 8.77. The number of phenolic OH excluding ortho intramolecular Hbond substituents is 1. The number of ketones is 1. The van der Waals surface area contributed by atoms with E-state index in [1.807, 2.05) is 0 Å². The molecule has 3 nitrogen and oxygen atoms in total. The Balaban J connectivity index is 2.41. The third-order valence-electron chi connectivity index (χ3n) is 2.66. The van der Waals surface area contributed by atoms with E-state index in [1.165, 1.54) is 24.3 Å². The maximum atomic E-state index is 13.4. The Morgan fingerprint density at radius 2 is 1.60 bits per heavy atom. The molecule has 2 N–H and O–H groups in total. The molecule has 0 saturated heterocycles. The first-order valence-corrected chi connectivity index (χ1v) is 5.68. The summed E-state index contributed by atoms with van der Waals surface area (Å²) in [5.41, 5.74) is -0.757. The Labute approximate surface area is 113 Å². The third-order valence-corrected chi connectivity index (χ3v) is 2.66. The van der Waals surface area contributed by atoms with Crippen molar-refractivity contribution in [1.82, 2.24) is 0 Å². The SMILES string of the molecule is O=C(/C=C(\O)c1ccccc1O)c1c(F)cccc1F. The van der Waals surface area contributed by atoms with E-state index in [1.54, 1.807) is 0 Å². The molecule has 0 aliphatic heterocycles. The molecule has 2 rings (SSSR count). The van der Waals surface area contributed by atoms with Gasteiger partial charge in [0, 0.05) is 6.08 Å². The van der Waals surface area contributed by atoms with Crippen molar-refractivity contribution in [2.45, 2.75) is 0 Å². The Morgan fingerprint density at radius 1 is 1.00 bits per heavy atom. The molecule has 0 amide bonds. The lowest BCUT2D eigenvalue weighted by atomic mass is 10.1. The van der Waals surface area contributed by atoms with E-state index >= 15 is 0 Å². The Morgan fingerprint density at radius 3 is 2.20 bits per heavy atom. The molecule has 0 atom stereocenters. The maximum absolute atomic E-state index is 13.4. The van der Waals surface area contributed by atoms with Gasteiger partial charge in [0.2, 0.25) is 0 Å². The summed E-state index contributed by atoms with van der Waals surface area (Å²) >= 11 is 0. The van der Waals surface area contributed by atoms with E-state index in [-0.39, 0.29) is 11.3 Å². The molecule has 0 bridgehead atoms. The second kappa shape index (κ2) is 5.52. The molecule has 0 fully saturated rings. The molecule has 102 valence electrons. The highest BCUT2D eigenvalue weighted by atomic mass is 19.1. The van der Waals surface area contributed by atoms with Gasteiger partial charge in [-0.3, -0.25) is 4.79 Å². The summed E-state index contributed by atoms with van der Waals surface area (Å²) in [6.07, 6.45) is 0.663. The number of halogens is 2. The van der Waals surface area contributed by atoms with E-state index in [9.17, 15) is 23.8 Å². The van der Waals surface area contributed by atoms with E-state index in [0.717, 1.165) is 18.2 Å². The number of aliphatic hydroxyl groups is 1. The summed E-state index contributed by atoms with van der Waals surface area (Å²) < 4.78 is 26.8. The number of para-hydroxylation sites is 1. The number of hydrogen-bond donors (Lipinski definition) is 2. The molecule has 0 radical (unpaired) electrons. The van der Waals surface area contributed by atoms with Gasteiger partial charge in [-0.05, 0) is 24.3 Å². The van der Waals surface area contributed by atoms with Crippen LogP contribution in [0.4, 0.5) is 8.78 Å². The zero-order chi connectivity index (χ0) is 14.7. The predicted molar refractivity (Wildman–Crippen MR) is 69.4 cm³/mol. The molecule has 0 unspecified atom stereocenters. The van der Waals surface area contributed by atoms with E-state index in [0.29, 0.717) is 6.08 Å². The standard InChI is InChI=1S/C15H10F2O3/c16-10-5-3-6-11(17)15(10)14(20)8-13(19)9-4-1-2-7-12(9)18/h1-8,18-19H/b13-8-. The van der Waals surface area contributed by atoms with Gasteiger partial charge in [-0.1, -0.05) is 18.2 Å². The molecule has 2 aromatic carbocycles. The average Bonchev–Trinajstić information content (AvgIpc) is 2.38. The highest BCUT2D eigenvalue weighted by molar-refractivity contribution is 6.08. The number of hydrogen-bond acceptors (Lipinski definition) is 3. The number of benzene rings is 2. The van der Waals surface area contributed by atoms with Crippen molar-refractivity contribution in [3.8, 4) is 5.75 Å². The lowest BCUT2D eigenvalue weighted by Crippen LogP contribution is -2.04. The number of allylic oxidation sites excluding steroid dienone is 1. The van der Waals surface area contributed by atoms with Crippen LogP contribution in [0.15, 0.2) is 48.5 Å². The summed E-state index contributed by atoms with van der Waals surface area (Å²) in [7, 11) is 0. The first kappa shape index (κ1) is 13.7. The van der Waals surface area contributed by atoms with Crippen molar-refractivity contribution < 1.29 is 23.8 Å². The molecule has 0 aliphatic carbocycles. The minimum Gasteiger partial charge on any atom is -0.507 e. The molecule has 0 saturated carbocycles. The van der Waals surface area contributed by atoms with Gasteiger partial charge in [0.1, 0.15) is 23.1 Å². The summed E-state index contributed by atoms with van der Waals surface area (Å²) in [4.78, 5) is 11.8. The fourth-order valence-corrected chi connectivity index (χ4v) is 1.70. The average molecular weight is 276 g/mol. The fourth-order valence-electron chi connectivity index (χ4n) is 1.70. The molecule has 20 heavy (non-hydrogen) atoms. The molecule has 5 heteroatoms. The van der Waals surface area contributed by atoms with Crippen molar-refractivity contribution in [1.29, 1.82) is 0 Å². The van der Waals surface area contributed by atoms with Gasteiger partial charge in [0.25, 0.3) is 0 Å². The predicted octanol–water partition coefficient (Wildman–Crippen LogP) is 3.45. The monoisotopic (exact) mass is 276 g/mol. The van der Waals surface area contributed by atoms with Crippen LogP contribution >= 0.6 is 0 Å². The van der Waals surface area contributed by atoms with Gasteiger partial charge in [0.05, 0.1) is 11.1 Å². The maximum Gasteiger partial charge on any atom is 0.195 e. The largest absolute Gasteiger partial charge is 0.507 e. The quantitative estimate of drug-likeness (QED) is 0.513. The van der Waals surface area contributed by atoms with Crippen molar-refractivity contribution >= 4 is 11.5 Å². The number of aliphatic hydroxyl groups excluding tert-OH is 1. The number of phenols is 1. The van der Waals surface area contributed by atoms with Crippen LogP contribution in [0.2, 0.25) is 0 Å². The molecular weight excluding hydrogens is 266 g/mol. The lowest BCUT2D eigenvalue weighted by Gasteiger charge is -2.04. The molecular formula is C15H10F2O3. The van der Waals surface area contributed by atoms with Crippen LogP contribution in [-0.2, 0) is 0 Å². The van der Waals surface area contributed by atoms with E-state index < -0.39 is 28.7 Å². The zero-order valence-corrected chi connectivity index (χ0v) is 10.2. The van der Waals surface area contributed by atoms with Crippen molar-refractivity contribution in [3.63, 3.8) is 0 Å². The topological polar surface area (TPSA) is 57.5 Å². The normalized spacial score (nSPS) is 11.4.